The molecule has 0 aliphatic heterocycles. The van der Waals surface area contributed by atoms with E-state index in [4.69, 9.17) is 0 Å². The molecule has 0 fully saturated rings. The normalized spacial score (nSPS) is 11.3. The molecule has 1 amide bonds. The Hall–Kier alpha value is -3.84. The Balaban J connectivity index is 1.49. The molecule has 0 aliphatic carbocycles. The zero-order valence-electron chi connectivity index (χ0n) is 17.3. The summed E-state index contributed by atoms with van der Waals surface area (Å²) in [5.41, 5.74) is 1.43. The molecule has 0 bridgehead atoms. The molecule has 1 aromatic heterocycles. The van der Waals surface area contributed by atoms with Crippen LogP contribution in [0.15, 0.2) is 95.0 Å². The van der Waals surface area contributed by atoms with Gasteiger partial charge in [-0.3, -0.25) is 14.6 Å². The Morgan fingerprint density at radius 2 is 1.66 bits per heavy atom. The van der Waals surface area contributed by atoms with Crippen LogP contribution in [-0.4, -0.2) is 25.1 Å². The van der Waals surface area contributed by atoms with Gasteiger partial charge in [-0.05, 0) is 54.3 Å². The van der Waals surface area contributed by atoms with Gasteiger partial charge in [0.15, 0.2) is 5.78 Å². The van der Waals surface area contributed by atoms with Crippen LogP contribution in [0.4, 0.5) is 0 Å². The molecule has 0 saturated heterocycles. The third kappa shape index (κ3) is 4.29. The fourth-order valence-electron chi connectivity index (χ4n) is 3.42. The first-order valence-electron chi connectivity index (χ1n) is 9.92. The standard InChI is InChI=1S/C25H20N2O4S/c1-17(28)23-4-2-3-5-24(23)32(30,31)22-10-6-18(7-11-22)15-27-25(29)20-9-8-19-12-13-26-16-21(19)14-20/h2-14,16H,15H2,1H3,(H,27,29). The minimum Gasteiger partial charge on any atom is -0.348 e. The second kappa shape index (κ2) is 8.72. The summed E-state index contributed by atoms with van der Waals surface area (Å²) in [6, 6.07) is 19.7. The smallest absolute Gasteiger partial charge is 0.251 e. The lowest BCUT2D eigenvalue weighted by Gasteiger charge is -2.10. The largest absolute Gasteiger partial charge is 0.348 e. The van der Waals surface area contributed by atoms with E-state index >= 15 is 0 Å². The van der Waals surface area contributed by atoms with Crippen LogP contribution in [-0.2, 0) is 16.4 Å². The van der Waals surface area contributed by atoms with E-state index in [2.05, 4.69) is 10.3 Å². The van der Waals surface area contributed by atoms with Crippen molar-refractivity contribution in [2.45, 2.75) is 23.3 Å². The Labute approximate surface area is 185 Å². The number of amides is 1. The van der Waals surface area contributed by atoms with E-state index in [1.807, 2.05) is 12.1 Å². The first kappa shape index (κ1) is 21.4. The Kier molecular flexibility index (Phi) is 5.83. The number of Topliss-reactive ketones (excluding diaryl/α,β-unsaturated/α-hetero) is 1. The van der Waals surface area contributed by atoms with E-state index in [1.165, 1.54) is 31.2 Å². The van der Waals surface area contributed by atoms with Crippen molar-refractivity contribution in [3.8, 4) is 0 Å². The molecule has 4 rings (SSSR count). The number of hydrogen-bond acceptors (Lipinski definition) is 5. The van der Waals surface area contributed by atoms with Crippen molar-refractivity contribution >= 4 is 32.3 Å². The molecule has 0 spiro atoms. The molecule has 0 radical (unpaired) electrons. The summed E-state index contributed by atoms with van der Waals surface area (Å²) >= 11 is 0. The predicted molar refractivity (Wildman–Crippen MR) is 121 cm³/mol. The average Bonchev–Trinajstić information content (AvgIpc) is 2.82. The molecular formula is C25H20N2O4S. The monoisotopic (exact) mass is 444 g/mol. The topological polar surface area (TPSA) is 93.2 Å². The summed E-state index contributed by atoms with van der Waals surface area (Å²) in [5.74, 6) is -0.546. The van der Waals surface area contributed by atoms with Gasteiger partial charge in [-0.2, -0.15) is 0 Å². The Bertz CT molecular complexity index is 1430. The number of hydrogen-bond donors (Lipinski definition) is 1. The molecule has 0 aliphatic rings. The van der Waals surface area contributed by atoms with Crippen LogP contribution in [0.2, 0.25) is 0 Å². The van der Waals surface area contributed by atoms with Crippen LogP contribution in [0.3, 0.4) is 0 Å². The summed E-state index contributed by atoms with van der Waals surface area (Å²) < 4.78 is 26.0. The highest BCUT2D eigenvalue weighted by Crippen LogP contribution is 2.25. The first-order valence-corrected chi connectivity index (χ1v) is 11.4. The second-order valence-electron chi connectivity index (χ2n) is 7.32. The van der Waals surface area contributed by atoms with Gasteiger partial charge in [-0.1, -0.05) is 36.4 Å². The molecule has 160 valence electrons. The zero-order valence-corrected chi connectivity index (χ0v) is 18.1. The molecule has 0 saturated carbocycles. The number of carbonyl (C=O) groups is 2. The SMILES string of the molecule is CC(=O)c1ccccc1S(=O)(=O)c1ccc(CNC(=O)c2ccc3ccncc3c2)cc1. The first-order chi connectivity index (χ1) is 15.4. The van der Waals surface area contributed by atoms with E-state index < -0.39 is 9.84 Å². The van der Waals surface area contributed by atoms with Crippen molar-refractivity contribution in [3.05, 3.63) is 102 Å². The number of nitrogens with zero attached hydrogens (tertiary/aromatic N) is 1. The van der Waals surface area contributed by atoms with Crippen LogP contribution in [0.25, 0.3) is 10.8 Å². The van der Waals surface area contributed by atoms with Crippen LogP contribution >= 0.6 is 0 Å². The summed E-state index contributed by atoms with van der Waals surface area (Å²) in [7, 11) is -3.84. The number of pyridine rings is 1. The molecule has 7 heteroatoms. The number of carbonyl (C=O) groups excluding carboxylic acids is 2. The summed E-state index contributed by atoms with van der Waals surface area (Å²) in [6.45, 7) is 1.58. The number of fused-ring (bicyclic) bond motifs is 1. The maximum atomic E-state index is 13.0. The second-order valence-corrected chi connectivity index (χ2v) is 9.24. The fourth-order valence-corrected chi connectivity index (χ4v) is 4.92. The molecule has 6 nitrogen and oxygen atoms in total. The van der Waals surface area contributed by atoms with Gasteiger partial charge in [-0.25, -0.2) is 8.42 Å². The summed E-state index contributed by atoms with van der Waals surface area (Å²) in [5, 5.41) is 4.72. The lowest BCUT2D eigenvalue weighted by Crippen LogP contribution is -2.22. The van der Waals surface area contributed by atoms with E-state index in [9.17, 15) is 18.0 Å². The van der Waals surface area contributed by atoms with Gasteiger partial charge < -0.3 is 5.32 Å². The van der Waals surface area contributed by atoms with Crippen LogP contribution in [0.5, 0.6) is 0 Å². The third-order valence-electron chi connectivity index (χ3n) is 5.15. The third-order valence-corrected chi connectivity index (χ3v) is 6.97. The average molecular weight is 445 g/mol. The highest BCUT2D eigenvalue weighted by molar-refractivity contribution is 7.91. The Morgan fingerprint density at radius 3 is 2.41 bits per heavy atom. The van der Waals surface area contributed by atoms with Crippen molar-refractivity contribution in [2.24, 2.45) is 0 Å². The predicted octanol–water partition coefficient (Wildman–Crippen LogP) is 4.20. The van der Waals surface area contributed by atoms with Crippen LogP contribution in [0, 0.1) is 0 Å². The van der Waals surface area contributed by atoms with Gasteiger partial charge in [0.2, 0.25) is 9.84 Å². The minimum absolute atomic E-state index is 0.0145. The maximum absolute atomic E-state index is 13.0. The number of nitrogens with one attached hydrogen (secondary N) is 1. The number of rotatable bonds is 6. The molecular weight excluding hydrogens is 424 g/mol. The summed E-state index contributed by atoms with van der Waals surface area (Å²) in [4.78, 5) is 28.5. The van der Waals surface area contributed by atoms with E-state index in [0.717, 1.165) is 16.3 Å². The van der Waals surface area contributed by atoms with Crippen LogP contribution in [0.1, 0.15) is 33.2 Å². The molecule has 1 heterocycles. The van der Waals surface area contributed by atoms with Crippen molar-refractivity contribution < 1.29 is 18.0 Å². The van der Waals surface area contributed by atoms with Gasteiger partial charge in [0.05, 0.1) is 9.79 Å². The maximum Gasteiger partial charge on any atom is 0.251 e. The van der Waals surface area contributed by atoms with Crippen molar-refractivity contribution in [3.63, 3.8) is 0 Å². The lowest BCUT2D eigenvalue weighted by molar-refractivity contribution is 0.0950. The zero-order chi connectivity index (χ0) is 22.7. The van der Waals surface area contributed by atoms with Crippen molar-refractivity contribution in [1.29, 1.82) is 0 Å². The Morgan fingerprint density at radius 1 is 0.906 bits per heavy atom. The van der Waals surface area contributed by atoms with Gasteiger partial charge in [0.1, 0.15) is 0 Å². The van der Waals surface area contributed by atoms with Gasteiger partial charge >= 0.3 is 0 Å². The minimum atomic E-state index is -3.84. The number of benzene rings is 3. The van der Waals surface area contributed by atoms with Crippen LogP contribution < -0.4 is 5.32 Å². The summed E-state index contributed by atoms with van der Waals surface area (Å²) in [6.07, 6.45) is 3.40. The number of sulfone groups is 1. The molecule has 32 heavy (non-hydrogen) atoms. The molecule has 0 unspecified atom stereocenters. The molecule has 4 aromatic rings. The van der Waals surface area contributed by atoms with Gasteiger partial charge in [-0.15, -0.1) is 0 Å². The molecule has 1 N–H and O–H groups in total. The van der Waals surface area contributed by atoms with Gasteiger partial charge in [0, 0.05) is 35.5 Å². The highest BCUT2D eigenvalue weighted by atomic mass is 32.2. The van der Waals surface area contributed by atoms with Crippen molar-refractivity contribution in [1.82, 2.24) is 10.3 Å². The quantitative estimate of drug-likeness (QED) is 0.450. The highest BCUT2D eigenvalue weighted by Gasteiger charge is 2.22. The van der Waals surface area contributed by atoms with E-state index in [1.54, 1.807) is 48.8 Å². The van der Waals surface area contributed by atoms with E-state index in [-0.39, 0.29) is 33.6 Å². The fraction of sp³-hybridized carbons (Fsp3) is 0.0800. The lowest BCUT2D eigenvalue weighted by atomic mass is 10.1. The number of aromatic nitrogens is 1. The van der Waals surface area contributed by atoms with E-state index in [0.29, 0.717) is 5.56 Å². The molecule has 0 atom stereocenters. The molecule has 3 aromatic carbocycles. The van der Waals surface area contributed by atoms with Crippen molar-refractivity contribution in [2.75, 3.05) is 0 Å². The van der Waals surface area contributed by atoms with Gasteiger partial charge in [0.25, 0.3) is 5.91 Å². The number of ketones is 1.